The molecule has 6 nitrogen and oxygen atoms in total. The fraction of sp³-hybridized carbons (Fsp3) is 0.750. The van der Waals surface area contributed by atoms with Crippen LogP contribution in [0.5, 0.6) is 0 Å². The highest BCUT2D eigenvalue weighted by Crippen LogP contribution is 2.21. The Morgan fingerprint density at radius 2 is 2.04 bits per heavy atom. The van der Waals surface area contributed by atoms with Gasteiger partial charge in [0, 0.05) is 44.2 Å². The van der Waals surface area contributed by atoms with Crippen LogP contribution in [0.25, 0.3) is 0 Å². The van der Waals surface area contributed by atoms with Gasteiger partial charge in [0.1, 0.15) is 0 Å². The first-order valence-electron chi connectivity index (χ1n) is 8.30. The summed E-state index contributed by atoms with van der Waals surface area (Å²) in [4.78, 5) is 22.6. The summed E-state index contributed by atoms with van der Waals surface area (Å²) < 4.78 is 5.40. The number of carbonyl (C=O) groups excluding carboxylic acids is 1. The molecule has 1 atom stereocenters. The van der Waals surface area contributed by atoms with Crippen molar-refractivity contribution in [3.8, 4) is 0 Å². The molecule has 0 aromatic carbocycles. The lowest BCUT2D eigenvalue weighted by atomic mass is 10.2. The molecule has 0 spiro atoms. The Labute approximate surface area is 142 Å². The zero-order chi connectivity index (χ0) is 16.8. The van der Waals surface area contributed by atoms with Crippen LogP contribution in [0, 0.1) is 13.8 Å². The Morgan fingerprint density at radius 3 is 2.61 bits per heavy atom. The molecule has 1 saturated heterocycles. The van der Waals surface area contributed by atoms with E-state index in [1.54, 1.807) is 0 Å². The van der Waals surface area contributed by atoms with E-state index < -0.39 is 0 Å². The fourth-order valence-corrected chi connectivity index (χ4v) is 3.43. The lowest BCUT2D eigenvalue weighted by Crippen LogP contribution is -2.53. The zero-order valence-corrected chi connectivity index (χ0v) is 15.4. The zero-order valence-electron chi connectivity index (χ0n) is 14.6. The van der Waals surface area contributed by atoms with Crippen LogP contribution in [-0.2, 0) is 9.53 Å². The second kappa shape index (κ2) is 8.73. The van der Waals surface area contributed by atoms with E-state index in [0.29, 0.717) is 5.13 Å². The van der Waals surface area contributed by atoms with Crippen LogP contribution in [-0.4, -0.2) is 72.7 Å². The maximum Gasteiger partial charge on any atom is 0.243 e. The first kappa shape index (κ1) is 18.3. The van der Waals surface area contributed by atoms with Crippen molar-refractivity contribution >= 4 is 22.4 Å². The van der Waals surface area contributed by atoms with Gasteiger partial charge in [-0.25, -0.2) is 4.98 Å². The van der Waals surface area contributed by atoms with Crippen LogP contribution in [0.15, 0.2) is 0 Å². The SMILES string of the molecule is CCOCCN1CCN([C@@H](C)C(=O)Nc2nc(C)c(C)s2)CC1. The number of amides is 1. The van der Waals surface area contributed by atoms with Crippen molar-refractivity contribution in [1.82, 2.24) is 14.8 Å². The third-order valence-corrected chi connectivity index (χ3v) is 5.34. The fourth-order valence-electron chi connectivity index (χ4n) is 2.61. The van der Waals surface area contributed by atoms with Gasteiger partial charge in [0.05, 0.1) is 18.3 Å². The van der Waals surface area contributed by atoms with Gasteiger partial charge in [0.15, 0.2) is 5.13 Å². The molecule has 23 heavy (non-hydrogen) atoms. The van der Waals surface area contributed by atoms with E-state index >= 15 is 0 Å². The molecule has 2 rings (SSSR count). The van der Waals surface area contributed by atoms with E-state index in [-0.39, 0.29) is 11.9 Å². The van der Waals surface area contributed by atoms with Gasteiger partial charge in [0.25, 0.3) is 0 Å². The molecule has 7 heteroatoms. The van der Waals surface area contributed by atoms with Gasteiger partial charge < -0.3 is 10.1 Å². The number of rotatable bonds is 7. The Bertz CT molecular complexity index is 493. The van der Waals surface area contributed by atoms with Crippen LogP contribution >= 0.6 is 11.3 Å². The molecule has 1 aliphatic rings. The van der Waals surface area contributed by atoms with Crippen LogP contribution < -0.4 is 5.32 Å². The highest BCUT2D eigenvalue weighted by Gasteiger charge is 2.26. The standard InChI is InChI=1S/C16H28N4O2S/c1-5-22-11-10-19-6-8-20(9-7-19)13(3)15(21)18-16-17-12(2)14(4)23-16/h13H,5-11H2,1-4H3,(H,17,18,21)/t13-/m0/s1. The Morgan fingerprint density at radius 1 is 1.35 bits per heavy atom. The molecular weight excluding hydrogens is 312 g/mol. The van der Waals surface area contributed by atoms with Gasteiger partial charge >= 0.3 is 0 Å². The monoisotopic (exact) mass is 340 g/mol. The summed E-state index contributed by atoms with van der Waals surface area (Å²) in [5.74, 6) is 0.0292. The molecule has 0 bridgehead atoms. The van der Waals surface area contributed by atoms with Crippen molar-refractivity contribution in [1.29, 1.82) is 0 Å². The number of hydrogen-bond acceptors (Lipinski definition) is 6. The number of aryl methyl sites for hydroxylation is 2. The highest BCUT2D eigenvalue weighted by atomic mass is 32.1. The van der Waals surface area contributed by atoms with Crippen LogP contribution in [0.2, 0.25) is 0 Å². The molecule has 0 unspecified atom stereocenters. The van der Waals surface area contributed by atoms with E-state index in [4.69, 9.17) is 4.74 Å². The molecule has 1 aliphatic heterocycles. The van der Waals surface area contributed by atoms with Crippen LogP contribution in [0.4, 0.5) is 5.13 Å². The number of hydrogen-bond donors (Lipinski definition) is 1. The Hall–Kier alpha value is -1.02. The van der Waals surface area contributed by atoms with E-state index in [2.05, 4.69) is 20.1 Å². The number of thiazole rings is 1. The van der Waals surface area contributed by atoms with Gasteiger partial charge in [-0.15, -0.1) is 11.3 Å². The van der Waals surface area contributed by atoms with Crippen molar-refractivity contribution in [3.63, 3.8) is 0 Å². The minimum absolute atomic E-state index is 0.0292. The molecular formula is C16H28N4O2S. The van der Waals surface area contributed by atoms with Crippen LogP contribution in [0.1, 0.15) is 24.4 Å². The number of carbonyl (C=O) groups is 1. The lowest BCUT2D eigenvalue weighted by molar-refractivity contribution is -0.121. The van der Waals surface area contributed by atoms with Gasteiger partial charge in [-0.3, -0.25) is 14.6 Å². The summed E-state index contributed by atoms with van der Waals surface area (Å²) in [5.41, 5.74) is 0.987. The highest BCUT2D eigenvalue weighted by molar-refractivity contribution is 7.15. The Balaban J connectivity index is 1.77. The van der Waals surface area contributed by atoms with Gasteiger partial charge in [-0.2, -0.15) is 0 Å². The third kappa shape index (κ3) is 5.24. The van der Waals surface area contributed by atoms with E-state index in [1.807, 2.05) is 27.7 Å². The molecule has 1 aromatic rings. The van der Waals surface area contributed by atoms with E-state index in [1.165, 1.54) is 11.3 Å². The summed E-state index contributed by atoms with van der Waals surface area (Å²) in [7, 11) is 0. The number of piperazine rings is 1. The molecule has 1 amide bonds. The van der Waals surface area contributed by atoms with E-state index in [9.17, 15) is 4.79 Å². The summed E-state index contributed by atoms with van der Waals surface area (Å²) in [6, 6.07) is -0.131. The van der Waals surface area contributed by atoms with Crippen molar-refractivity contribution in [2.75, 3.05) is 51.3 Å². The minimum atomic E-state index is -0.131. The van der Waals surface area contributed by atoms with Crippen molar-refractivity contribution in [3.05, 3.63) is 10.6 Å². The van der Waals surface area contributed by atoms with Gasteiger partial charge in [0.2, 0.25) is 5.91 Å². The number of aromatic nitrogens is 1. The average Bonchev–Trinajstić information content (AvgIpc) is 2.85. The van der Waals surface area contributed by atoms with E-state index in [0.717, 1.165) is 56.5 Å². The molecule has 0 saturated carbocycles. The van der Waals surface area contributed by atoms with Gasteiger partial charge in [-0.05, 0) is 27.7 Å². The van der Waals surface area contributed by atoms with Crippen molar-refractivity contribution < 1.29 is 9.53 Å². The second-order valence-corrected chi connectivity index (χ2v) is 7.10. The summed E-state index contributed by atoms with van der Waals surface area (Å²) in [6.45, 7) is 14.3. The summed E-state index contributed by atoms with van der Waals surface area (Å²) >= 11 is 1.53. The smallest absolute Gasteiger partial charge is 0.243 e. The lowest BCUT2D eigenvalue weighted by Gasteiger charge is -2.37. The molecule has 1 N–H and O–H groups in total. The average molecular weight is 340 g/mol. The molecule has 0 radical (unpaired) electrons. The molecule has 0 aliphatic carbocycles. The van der Waals surface area contributed by atoms with Crippen molar-refractivity contribution in [2.45, 2.75) is 33.7 Å². The topological polar surface area (TPSA) is 57.7 Å². The maximum atomic E-state index is 12.4. The molecule has 1 aromatic heterocycles. The maximum absolute atomic E-state index is 12.4. The second-order valence-electron chi connectivity index (χ2n) is 5.90. The number of nitrogens with one attached hydrogen (secondary N) is 1. The van der Waals surface area contributed by atoms with Crippen LogP contribution in [0.3, 0.4) is 0 Å². The predicted molar refractivity (Wildman–Crippen MR) is 94.2 cm³/mol. The molecule has 1 fully saturated rings. The molecule has 130 valence electrons. The van der Waals surface area contributed by atoms with Gasteiger partial charge in [-0.1, -0.05) is 0 Å². The molecule has 2 heterocycles. The quantitative estimate of drug-likeness (QED) is 0.766. The largest absolute Gasteiger partial charge is 0.380 e. The Kier molecular flexibility index (Phi) is 6.95. The van der Waals surface area contributed by atoms with Crippen molar-refractivity contribution in [2.24, 2.45) is 0 Å². The number of nitrogens with zero attached hydrogens (tertiary/aromatic N) is 3. The first-order chi connectivity index (χ1) is 11.0. The normalized spacial score (nSPS) is 18.1. The minimum Gasteiger partial charge on any atom is -0.380 e. The third-order valence-electron chi connectivity index (χ3n) is 4.35. The number of ether oxygens (including phenoxy) is 1. The summed E-state index contributed by atoms with van der Waals surface area (Å²) in [6.07, 6.45) is 0. The number of anilines is 1. The first-order valence-corrected chi connectivity index (χ1v) is 9.12. The predicted octanol–water partition coefficient (Wildman–Crippen LogP) is 1.74. The summed E-state index contributed by atoms with van der Waals surface area (Å²) in [5, 5.41) is 3.65.